The molecule has 2 saturated heterocycles. The number of hydrogen-bond acceptors (Lipinski definition) is 14. The smallest absolute Gasteiger partial charge is 0.349 e. The Labute approximate surface area is 503 Å². The van der Waals surface area contributed by atoms with Crippen LogP contribution in [0.15, 0.2) is 82.3 Å². The number of nitrogens with zero attached hydrogens (tertiary/aromatic N) is 14. The summed E-state index contributed by atoms with van der Waals surface area (Å²) in [5, 5.41) is 10.2. The molecule has 0 radical (unpaired) electrons. The fourth-order valence-electron chi connectivity index (χ4n) is 12.5. The summed E-state index contributed by atoms with van der Waals surface area (Å²) in [6, 6.07) is 3.70. The van der Waals surface area contributed by atoms with Crippen LogP contribution in [0.1, 0.15) is 149 Å². The van der Waals surface area contributed by atoms with Crippen molar-refractivity contribution in [3.8, 4) is 22.5 Å². The van der Waals surface area contributed by atoms with Crippen LogP contribution in [0.25, 0.3) is 66.7 Å². The van der Waals surface area contributed by atoms with Crippen LogP contribution in [-0.4, -0.2) is 144 Å². The zero-order chi connectivity index (χ0) is 59.1. The quantitative estimate of drug-likeness (QED) is 0.0421. The van der Waals surface area contributed by atoms with E-state index in [0.717, 1.165) is 90.2 Å². The van der Waals surface area contributed by atoms with Crippen molar-refractivity contribution < 1.29 is 27.5 Å². The van der Waals surface area contributed by atoms with E-state index in [0.29, 0.717) is 55.6 Å². The summed E-state index contributed by atoms with van der Waals surface area (Å²) in [6.45, 7) is 18.7. The number of pyridine rings is 2. The number of ether oxygens (including phenoxy) is 2. The van der Waals surface area contributed by atoms with Crippen LogP contribution in [0, 0.1) is 0 Å². The number of aliphatic imine (C=N–C) groups is 2. The van der Waals surface area contributed by atoms with Gasteiger partial charge >= 0.3 is 142 Å². The van der Waals surface area contributed by atoms with Crippen molar-refractivity contribution in [3.05, 3.63) is 80.6 Å². The molecule has 22 heteroatoms. The fraction of sp³-hybridized carbons (Fsp3) is 0.548. The summed E-state index contributed by atoms with van der Waals surface area (Å²) in [4.78, 5) is 54.2. The van der Waals surface area contributed by atoms with Crippen molar-refractivity contribution in [2.24, 2.45) is 24.1 Å². The molecule has 0 aliphatic carbocycles. The predicted octanol–water partition coefficient (Wildman–Crippen LogP) is 12.0. The normalized spacial score (nSPS) is 20.6. The van der Waals surface area contributed by atoms with Gasteiger partial charge in [0.2, 0.25) is 6.04 Å². The molecule has 8 aromatic heterocycles. The molecule has 6 atom stereocenters. The average Bonchev–Trinajstić information content (AvgIpc) is 2.13. The van der Waals surface area contributed by atoms with Crippen molar-refractivity contribution in [1.82, 2.24) is 48.6 Å². The minimum Gasteiger partial charge on any atom is -0.450 e. The minimum atomic E-state index is -2.15. The Bertz CT molecular complexity index is 3830. The van der Waals surface area contributed by atoms with Gasteiger partial charge in [0, 0.05) is 73.7 Å². The monoisotopic (exact) mass is 1320 g/mol. The van der Waals surface area contributed by atoms with Crippen LogP contribution in [0.2, 0.25) is 13.3 Å². The third-order valence-electron chi connectivity index (χ3n) is 17.3. The standard InChI is InChI=1S/C25H28N7O3.C20H20BrN5O3.C5H8N2.3C4H9.Sn/c1-4-17-8-16(6-7-34-17)32-23-18-9-19(20-13-31(5-2)14-27-20)26-11-21(18)35-24(23)22(29-25(32)33)15-10-28-30(3)12-15;1-3-13-6-12(4-5-28-13)26-18-14-7-16(21)22-9-15(14)29-19(18)17(24-20(26)27)11-8-23-25(2)10-11;1-2-7-4-3-6-5-7;3*1-3-4-2;/h9-14,16-17,20H,4-8H2,1-3H3;7-10,12-13H,3-6H2,1-2H3;3-5H,2H2,1H3;3*1,3-4H2,2H3;/q+1;;+1;;;;/t16-,17-,20?;12-,13-;;;;;/m00...../s1. The molecule has 12 heterocycles. The summed E-state index contributed by atoms with van der Waals surface area (Å²) < 4.78 is 41.5. The molecule has 12 rings (SSSR count). The molecule has 0 aromatic carbocycles. The Balaban J connectivity index is 0.000000146. The third kappa shape index (κ3) is 13.0. The summed E-state index contributed by atoms with van der Waals surface area (Å²) in [5.41, 5.74) is 6.59. The summed E-state index contributed by atoms with van der Waals surface area (Å²) in [7, 11) is 3.66. The Kier molecular flexibility index (Phi) is 20.0. The second kappa shape index (κ2) is 27.5. The second-order valence-corrected chi connectivity index (χ2v) is 37.5. The SMILES string of the molecule is CCC[CH2][Sn]([CH2]CCC)([CH2]CCC)[CH]1C=[N+](CC)C=N1.CC[C@H]1C[C@@H](n2c(=O)nc(-c3cnn(C)c3)c3oc4cnc(Br)cc4c32)CCO1.CC[C@H]1C[C@@H](n2c(=O)nc(-c3cnn(C)c3)c3oc4cnc(C5C=[N+](CC)C=N5)cc4c32)CCO1. The number of halogens is 1. The van der Waals surface area contributed by atoms with Crippen LogP contribution >= 0.6 is 15.9 Å². The first-order valence-corrected chi connectivity index (χ1v) is 39.2. The zero-order valence-corrected chi connectivity index (χ0v) is 54.9. The number of aromatic nitrogens is 10. The average molecular weight is 1320 g/mol. The van der Waals surface area contributed by atoms with Gasteiger partial charge in [0.25, 0.3) is 6.34 Å². The maximum atomic E-state index is 13.6. The molecule has 446 valence electrons. The number of aryl methyl sites for hydroxylation is 2. The van der Waals surface area contributed by atoms with E-state index in [1.165, 1.54) is 38.5 Å². The van der Waals surface area contributed by atoms with E-state index < -0.39 is 18.4 Å². The molecule has 0 spiro atoms. The first-order chi connectivity index (χ1) is 40.8. The van der Waals surface area contributed by atoms with E-state index in [-0.39, 0.29) is 41.7 Å². The van der Waals surface area contributed by atoms with Gasteiger partial charge in [0.05, 0.1) is 49.2 Å². The van der Waals surface area contributed by atoms with E-state index in [9.17, 15) is 9.59 Å². The van der Waals surface area contributed by atoms with Gasteiger partial charge < -0.3 is 18.3 Å². The van der Waals surface area contributed by atoms with Crippen molar-refractivity contribution in [2.45, 2.75) is 173 Å². The summed E-state index contributed by atoms with van der Waals surface area (Å²) in [5.74, 6) is 0. The van der Waals surface area contributed by atoms with E-state index >= 15 is 0 Å². The molecular weight excluding hydrogens is 1240 g/mol. The number of furan rings is 2. The molecule has 8 aromatic rings. The van der Waals surface area contributed by atoms with Gasteiger partial charge in [-0.05, 0) is 73.5 Å². The fourth-order valence-corrected chi connectivity index (χ4v) is 29.1. The van der Waals surface area contributed by atoms with Crippen LogP contribution in [0.5, 0.6) is 0 Å². The first-order valence-electron chi connectivity index (χ1n) is 30.7. The first kappa shape index (κ1) is 61.1. The van der Waals surface area contributed by atoms with Gasteiger partial charge in [-0.3, -0.25) is 23.5 Å². The van der Waals surface area contributed by atoms with Crippen molar-refractivity contribution in [3.63, 3.8) is 0 Å². The molecule has 4 aliphatic rings. The van der Waals surface area contributed by atoms with Crippen molar-refractivity contribution in [1.29, 1.82) is 0 Å². The number of unbranched alkanes of at least 4 members (excludes halogenated alkanes) is 3. The van der Waals surface area contributed by atoms with Gasteiger partial charge in [-0.1, -0.05) is 18.8 Å². The van der Waals surface area contributed by atoms with Crippen LogP contribution < -0.4 is 11.4 Å². The summed E-state index contributed by atoms with van der Waals surface area (Å²) >= 11 is 1.29. The van der Waals surface area contributed by atoms with Crippen molar-refractivity contribution in [2.75, 3.05) is 26.3 Å². The van der Waals surface area contributed by atoms with Crippen LogP contribution in [0.4, 0.5) is 0 Å². The molecule has 0 bridgehead atoms. The second-order valence-electron chi connectivity index (χ2n) is 22.9. The van der Waals surface area contributed by atoms with Gasteiger partial charge in [0.15, 0.2) is 22.3 Å². The Hall–Kier alpha value is -6.04. The number of rotatable bonds is 19. The van der Waals surface area contributed by atoms with Gasteiger partial charge in [0.1, 0.15) is 33.2 Å². The molecule has 0 amide bonds. The molecule has 4 aliphatic heterocycles. The molecule has 0 saturated carbocycles. The molecule has 20 nitrogen and oxygen atoms in total. The maximum absolute atomic E-state index is 13.6. The van der Waals surface area contributed by atoms with E-state index in [4.69, 9.17) is 23.3 Å². The van der Waals surface area contributed by atoms with Crippen LogP contribution in [-0.2, 0) is 23.6 Å². The molecule has 2 fully saturated rings. The van der Waals surface area contributed by atoms with Crippen LogP contribution in [0.3, 0.4) is 0 Å². The molecule has 0 N–H and O–H groups in total. The van der Waals surface area contributed by atoms with Gasteiger partial charge in [-0.2, -0.15) is 20.2 Å². The zero-order valence-electron chi connectivity index (χ0n) is 50.4. The largest absolute Gasteiger partial charge is 0.450 e. The third-order valence-corrected chi connectivity index (χ3v) is 33.7. The topological polar surface area (TPSA) is 207 Å². The predicted molar refractivity (Wildman–Crippen MR) is 338 cm³/mol. The minimum absolute atomic E-state index is 0.00638. The van der Waals surface area contributed by atoms with Crippen molar-refractivity contribution >= 4 is 104 Å². The summed E-state index contributed by atoms with van der Waals surface area (Å²) in [6.07, 6.45) is 32.4. The Morgan fingerprint density at radius 1 is 0.631 bits per heavy atom. The number of fused-ring (bicyclic) bond motifs is 6. The Morgan fingerprint density at radius 2 is 1.12 bits per heavy atom. The molecule has 2 unspecified atom stereocenters. The number of hydrogen-bond donors (Lipinski definition) is 0. The Morgan fingerprint density at radius 3 is 1.57 bits per heavy atom. The molecular formula is C62H83BrN14O6Sn+2. The van der Waals surface area contributed by atoms with E-state index in [1.807, 2.05) is 54.1 Å². The van der Waals surface area contributed by atoms with E-state index in [2.05, 4.69) is 123 Å². The van der Waals surface area contributed by atoms with E-state index in [1.54, 1.807) is 52.0 Å². The maximum Gasteiger partial charge on any atom is 0.349 e. The molecule has 84 heavy (non-hydrogen) atoms. The van der Waals surface area contributed by atoms with Gasteiger partial charge in [-0.15, -0.1) is 0 Å². The van der Waals surface area contributed by atoms with Gasteiger partial charge in [-0.25, -0.2) is 19.1 Å².